The third-order valence-electron chi connectivity index (χ3n) is 5.58. The summed E-state index contributed by atoms with van der Waals surface area (Å²) in [5, 5.41) is 8.07. The Hall–Kier alpha value is -3.30. The Morgan fingerprint density at radius 2 is 2.03 bits per heavy atom. The molecular weight excluding hydrogens is 443 g/mol. The zero-order valence-electron chi connectivity index (χ0n) is 18.5. The van der Waals surface area contributed by atoms with Crippen molar-refractivity contribution < 1.29 is 18.7 Å². The molecule has 172 valence electrons. The van der Waals surface area contributed by atoms with Gasteiger partial charge in [-0.3, -0.25) is 9.59 Å². The number of ether oxygens (including phenoxy) is 1. The average Bonchev–Trinajstić information content (AvgIpc) is 3.56. The van der Waals surface area contributed by atoms with Crippen LogP contribution < -0.4 is 0 Å². The van der Waals surface area contributed by atoms with Crippen LogP contribution in [0.4, 0.5) is 4.39 Å². The second kappa shape index (κ2) is 10.1. The van der Waals surface area contributed by atoms with E-state index in [0.29, 0.717) is 6.42 Å². The van der Waals surface area contributed by atoms with Crippen molar-refractivity contribution in [2.45, 2.75) is 12.5 Å². The Labute approximate surface area is 195 Å². The molecule has 7 nitrogen and oxygen atoms in total. The predicted molar refractivity (Wildman–Crippen MR) is 125 cm³/mol. The lowest BCUT2D eigenvalue weighted by molar-refractivity contribution is -0.134. The number of nitrogens with zero attached hydrogens (tertiary/aromatic N) is 4. The molecule has 0 saturated heterocycles. The first-order valence-corrected chi connectivity index (χ1v) is 11.4. The first-order chi connectivity index (χ1) is 16.0. The number of rotatable bonds is 8. The van der Waals surface area contributed by atoms with Gasteiger partial charge in [0.25, 0.3) is 11.8 Å². The van der Waals surface area contributed by atoms with Crippen LogP contribution in [-0.4, -0.2) is 58.8 Å². The number of aryl methyl sites for hydroxylation is 1. The smallest absolute Gasteiger partial charge is 0.262 e. The number of hydrogen-bond acceptors (Lipinski definition) is 5. The molecule has 0 saturated carbocycles. The van der Waals surface area contributed by atoms with E-state index in [2.05, 4.69) is 5.10 Å². The minimum atomic E-state index is -0.627. The number of methoxy groups -OCH3 is 1. The third kappa shape index (κ3) is 4.89. The summed E-state index contributed by atoms with van der Waals surface area (Å²) in [6, 6.07) is 13.3. The third-order valence-corrected chi connectivity index (χ3v) is 6.50. The van der Waals surface area contributed by atoms with Crippen LogP contribution in [0.1, 0.15) is 33.4 Å². The molecular formula is C24H25FN4O3S. The molecule has 1 aliphatic heterocycles. The van der Waals surface area contributed by atoms with Gasteiger partial charge in [0.05, 0.1) is 22.8 Å². The lowest BCUT2D eigenvalue weighted by Gasteiger charge is -2.27. The van der Waals surface area contributed by atoms with Gasteiger partial charge in [-0.25, -0.2) is 9.40 Å². The van der Waals surface area contributed by atoms with Crippen LogP contribution in [-0.2, 0) is 16.6 Å². The van der Waals surface area contributed by atoms with E-state index in [1.807, 2.05) is 47.5 Å². The number of thiophene rings is 1. The summed E-state index contributed by atoms with van der Waals surface area (Å²) >= 11 is 1.57. The highest BCUT2D eigenvalue weighted by Crippen LogP contribution is 2.34. The molecule has 0 fully saturated rings. The number of carbonyl (C=O) groups is 2. The molecule has 2 aromatic heterocycles. The van der Waals surface area contributed by atoms with E-state index in [1.165, 1.54) is 35.2 Å². The van der Waals surface area contributed by atoms with E-state index in [-0.39, 0.29) is 37.2 Å². The number of hydrogen-bond donors (Lipinski definition) is 0. The van der Waals surface area contributed by atoms with Gasteiger partial charge in [-0.1, -0.05) is 18.2 Å². The van der Waals surface area contributed by atoms with E-state index >= 15 is 0 Å². The van der Waals surface area contributed by atoms with Gasteiger partial charge in [0, 0.05) is 39.0 Å². The topological polar surface area (TPSA) is 67.1 Å². The van der Waals surface area contributed by atoms with E-state index in [1.54, 1.807) is 17.4 Å². The Morgan fingerprint density at radius 3 is 2.70 bits per heavy atom. The van der Waals surface area contributed by atoms with Gasteiger partial charge in [-0.15, -0.1) is 11.3 Å². The van der Waals surface area contributed by atoms with Crippen molar-refractivity contribution in [3.05, 3.63) is 82.1 Å². The van der Waals surface area contributed by atoms with Gasteiger partial charge in [0.15, 0.2) is 0 Å². The normalized spacial score (nSPS) is 15.5. The van der Waals surface area contributed by atoms with Crippen LogP contribution in [0.2, 0.25) is 0 Å². The van der Waals surface area contributed by atoms with Crippen molar-refractivity contribution in [1.82, 2.24) is 14.5 Å². The molecule has 1 aromatic carbocycles. The molecule has 1 atom stereocenters. The first-order valence-electron chi connectivity index (χ1n) is 10.6. The summed E-state index contributed by atoms with van der Waals surface area (Å²) < 4.78 is 21.3. The minimum Gasteiger partial charge on any atom is -0.383 e. The monoisotopic (exact) mass is 468 g/mol. The van der Waals surface area contributed by atoms with Gasteiger partial charge < -0.3 is 14.2 Å². The fraction of sp³-hybridized carbons (Fsp3) is 0.292. The maximum absolute atomic E-state index is 14.3. The number of amides is 2. The highest BCUT2D eigenvalue weighted by Gasteiger charge is 2.36. The highest BCUT2D eigenvalue weighted by molar-refractivity contribution is 7.12. The Kier molecular flexibility index (Phi) is 7.00. The summed E-state index contributed by atoms with van der Waals surface area (Å²) in [6.07, 6.45) is 2.50. The van der Waals surface area contributed by atoms with Crippen molar-refractivity contribution in [1.29, 1.82) is 0 Å². The summed E-state index contributed by atoms with van der Waals surface area (Å²) in [6.45, 7) is 0.136. The number of hydrazone groups is 1. The van der Waals surface area contributed by atoms with Crippen LogP contribution in [0, 0.1) is 5.82 Å². The lowest BCUT2D eigenvalue weighted by Crippen LogP contribution is -2.43. The van der Waals surface area contributed by atoms with Crippen LogP contribution in [0.25, 0.3) is 0 Å². The van der Waals surface area contributed by atoms with Crippen molar-refractivity contribution in [3.8, 4) is 0 Å². The van der Waals surface area contributed by atoms with Gasteiger partial charge >= 0.3 is 0 Å². The van der Waals surface area contributed by atoms with Crippen molar-refractivity contribution in [3.63, 3.8) is 0 Å². The van der Waals surface area contributed by atoms with Gasteiger partial charge in [-0.05, 0) is 35.7 Å². The average molecular weight is 469 g/mol. The largest absolute Gasteiger partial charge is 0.383 e. The zero-order chi connectivity index (χ0) is 23.4. The molecule has 0 unspecified atom stereocenters. The lowest BCUT2D eigenvalue weighted by atomic mass is 10.1. The molecule has 2 amide bonds. The van der Waals surface area contributed by atoms with Crippen LogP contribution >= 0.6 is 11.3 Å². The van der Waals surface area contributed by atoms with Crippen molar-refractivity contribution >= 4 is 28.9 Å². The van der Waals surface area contributed by atoms with Crippen LogP contribution in [0.3, 0.4) is 0 Å². The minimum absolute atomic E-state index is 0.0791. The summed E-state index contributed by atoms with van der Waals surface area (Å²) in [7, 11) is 3.44. The molecule has 33 heavy (non-hydrogen) atoms. The maximum atomic E-state index is 14.3. The molecule has 0 aliphatic carbocycles. The molecule has 3 aromatic rings. The number of benzene rings is 1. The standard InChI is InChI=1S/C24H25FN4O3S/c1-27-11-5-9-20(27)21-15-19(22-10-6-14-33-22)26-29(21)23(30)16-28(12-13-32-2)24(31)17-7-3-4-8-18(17)25/h3-11,14,21H,12-13,15-16H2,1-2H3/t21-/m0/s1. The van der Waals surface area contributed by atoms with Crippen molar-refractivity contribution in [2.75, 3.05) is 26.8 Å². The van der Waals surface area contributed by atoms with E-state index in [0.717, 1.165) is 16.3 Å². The SMILES string of the molecule is COCCN(CC(=O)N1N=C(c2cccs2)C[C@H]1c1cccn1C)C(=O)c1ccccc1F. The van der Waals surface area contributed by atoms with Crippen LogP contribution in [0.5, 0.6) is 0 Å². The molecule has 3 heterocycles. The number of halogens is 1. The van der Waals surface area contributed by atoms with E-state index < -0.39 is 11.7 Å². The Bertz CT molecular complexity index is 1160. The van der Waals surface area contributed by atoms with Gasteiger partial charge in [-0.2, -0.15) is 5.10 Å². The second-order valence-electron chi connectivity index (χ2n) is 7.73. The second-order valence-corrected chi connectivity index (χ2v) is 8.67. The summed E-state index contributed by atoms with van der Waals surface area (Å²) in [4.78, 5) is 28.8. The molecule has 9 heteroatoms. The van der Waals surface area contributed by atoms with E-state index in [4.69, 9.17) is 4.74 Å². The summed E-state index contributed by atoms with van der Waals surface area (Å²) in [5.41, 5.74) is 1.69. The fourth-order valence-electron chi connectivity index (χ4n) is 3.88. The first kappa shape index (κ1) is 22.9. The highest BCUT2D eigenvalue weighted by atomic mass is 32.1. The molecule has 0 spiro atoms. The van der Waals surface area contributed by atoms with Gasteiger partial charge in [0.1, 0.15) is 18.4 Å². The van der Waals surface area contributed by atoms with Gasteiger partial charge in [0.2, 0.25) is 0 Å². The molecule has 1 aliphatic rings. The van der Waals surface area contributed by atoms with E-state index in [9.17, 15) is 14.0 Å². The fourth-order valence-corrected chi connectivity index (χ4v) is 4.60. The zero-order valence-corrected chi connectivity index (χ0v) is 19.3. The molecule has 0 N–H and O–H groups in total. The predicted octanol–water partition coefficient (Wildman–Crippen LogP) is 3.69. The Balaban J connectivity index is 1.61. The molecule has 0 bridgehead atoms. The molecule has 4 rings (SSSR count). The Morgan fingerprint density at radius 1 is 1.21 bits per heavy atom. The van der Waals surface area contributed by atoms with Crippen molar-refractivity contribution in [2.24, 2.45) is 12.1 Å². The number of aromatic nitrogens is 1. The quantitative estimate of drug-likeness (QED) is 0.506. The maximum Gasteiger partial charge on any atom is 0.262 e. The number of carbonyl (C=O) groups excluding carboxylic acids is 2. The molecule has 0 radical (unpaired) electrons. The summed E-state index contributed by atoms with van der Waals surface area (Å²) in [5.74, 6) is -1.53. The van der Waals surface area contributed by atoms with Crippen LogP contribution in [0.15, 0.2) is 65.2 Å².